The Kier molecular flexibility index (Phi) is 16.3. The molecular formula is C58H70Cl3N17. The van der Waals surface area contributed by atoms with Crippen LogP contribution in [0.15, 0.2) is 76.3 Å². The maximum absolute atomic E-state index is 6.49. The largest absolute Gasteiger partial charge is 0.355 e. The zero-order valence-corrected chi connectivity index (χ0v) is 47.9. The molecule has 408 valence electrons. The van der Waals surface area contributed by atoms with Gasteiger partial charge in [-0.25, -0.2) is 29.9 Å². The van der Waals surface area contributed by atoms with Crippen LogP contribution in [-0.4, -0.2) is 116 Å². The molecule has 6 aromatic rings. The number of pyridine rings is 2. The van der Waals surface area contributed by atoms with Crippen molar-refractivity contribution >= 4 is 69.4 Å². The second kappa shape index (κ2) is 22.9. The van der Waals surface area contributed by atoms with Gasteiger partial charge in [0.05, 0.1) is 93.2 Å². The van der Waals surface area contributed by atoms with Gasteiger partial charge in [-0.1, -0.05) is 73.8 Å². The van der Waals surface area contributed by atoms with Crippen LogP contribution in [0.1, 0.15) is 127 Å². The third-order valence-electron chi connectivity index (χ3n) is 16.7. The fourth-order valence-corrected chi connectivity index (χ4v) is 11.3. The van der Waals surface area contributed by atoms with Gasteiger partial charge in [0, 0.05) is 74.0 Å². The number of rotatable bonds is 9. The highest BCUT2D eigenvalue weighted by atomic mass is 35.5. The third-order valence-corrected chi connectivity index (χ3v) is 18.0. The normalized spacial score (nSPS) is 18.6. The molecular weight excluding hydrogens is 1040 g/mol. The van der Waals surface area contributed by atoms with Crippen LogP contribution < -0.4 is 31.9 Å². The molecule has 3 saturated heterocycles. The predicted octanol–water partition coefficient (Wildman–Crippen LogP) is 8.85. The minimum absolute atomic E-state index is 0.243. The zero-order valence-electron chi connectivity index (χ0n) is 45.6. The molecule has 12 rings (SSSR count). The molecule has 0 amide bonds. The number of benzene rings is 1. The number of aromatic nitrogens is 8. The summed E-state index contributed by atoms with van der Waals surface area (Å²) in [5.41, 5.74) is 31.6. The molecule has 1 aromatic carbocycles. The number of anilines is 3. The number of hydrogen-bond acceptors (Lipinski definition) is 17. The number of nitrogens with two attached hydrogens (primary N) is 3. The quantitative estimate of drug-likeness (QED) is 0.123. The SMILES string of the molecule is Cc1cc(C2=NCc3nc(N4CCC(C)(CN)CC4)cnc32)c(Cl)cn1.Cc1cccc(C2=NCc3nc(N4CCC(C)(CN)CC4)cnc32)c1Cl.Cc1nccc(C2=NCc3nc(N4CCC(C)(CN)CC4)cnc32)c1Cl. The number of aliphatic imine (C=N–C) groups is 3. The molecule has 0 saturated carbocycles. The Morgan fingerprint density at radius 1 is 0.487 bits per heavy atom. The molecule has 6 N–H and O–H groups in total. The van der Waals surface area contributed by atoms with Gasteiger partial charge in [0.25, 0.3) is 0 Å². The lowest BCUT2D eigenvalue weighted by Gasteiger charge is -2.39. The monoisotopic (exact) mass is 1110 g/mol. The molecule has 3 fully saturated rings. The minimum atomic E-state index is 0.243. The second-order valence-corrected chi connectivity index (χ2v) is 23.7. The van der Waals surface area contributed by atoms with Gasteiger partial charge < -0.3 is 31.9 Å². The van der Waals surface area contributed by atoms with Crippen LogP contribution in [0.2, 0.25) is 15.1 Å². The molecule has 78 heavy (non-hydrogen) atoms. The number of hydrogen-bond donors (Lipinski definition) is 3. The molecule has 0 aliphatic carbocycles. The van der Waals surface area contributed by atoms with Crippen LogP contribution in [0.4, 0.5) is 17.5 Å². The van der Waals surface area contributed by atoms with Crippen molar-refractivity contribution in [1.29, 1.82) is 0 Å². The van der Waals surface area contributed by atoms with Gasteiger partial charge in [-0.2, -0.15) is 0 Å². The van der Waals surface area contributed by atoms with Gasteiger partial charge in [-0.05, 0) is 113 Å². The van der Waals surface area contributed by atoms with Crippen molar-refractivity contribution in [3.63, 3.8) is 0 Å². The highest BCUT2D eigenvalue weighted by molar-refractivity contribution is 6.37. The van der Waals surface area contributed by atoms with Gasteiger partial charge in [0.1, 0.15) is 34.5 Å². The van der Waals surface area contributed by atoms with E-state index in [0.717, 1.165) is 205 Å². The average Bonchev–Trinajstić information content (AvgIpc) is 4.34. The summed E-state index contributed by atoms with van der Waals surface area (Å²) in [6.45, 7) is 22.3. The molecule has 17 nitrogen and oxygen atoms in total. The Balaban J connectivity index is 0.000000132. The van der Waals surface area contributed by atoms with Crippen molar-refractivity contribution in [3.05, 3.63) is 144 Å². The molecule has 6 aliphatic heterocycles. The number of piperidine rings is 3. The smallest absolute Gasteiger partial charge is 0.147 e. The number of nitrogens with zero attached hydrogens (tertiary/aromatic N) is 14. The van der Waals surface area contributed by atoms with E-state index in [2.05, 4.69) is 70.4 Å². The Bertz CT molecular complexity index is 3020. The molecule has 0 bridgehead atoms. The lowest BCUT2D eigenvalue weighted by molar-refractivity contribution is 0.257. The standard InChI is InChI=1S/C20H24ClN5.2C19H23ClN6/c1-13-4-3-5-14(17(13)21)18-19-15(10-23-18)25-16(11-24-19)26-8-6-20(2,12-22)7-9-26;1-12-16(20)13(3-6-22-12)17-18-14(9-23-17)25-15(10-24-18)26-7-4-19(2,11-21)5-8-26;1-12-7-13(14(20)8-22-12)17-18-15(9-23-17)25-16(10-24-18)26-5-3-19(2,11-21)4-6-26/h3-5,11H,6-10,12,22H2,1-2H3;3,6,10H,4-5,7-9,11,21H2,1-2H3;7-8,10H,3-6,9,11,21H2,1-2H3. The van der Waals surface area contributed by atoms with Crippen LogP contribution in [-0.2, 0) is 19.6 Å². The van der Waals surface area contributed by atoms with E-state index in [9.17, 15) is 0 Å². The van der Waals surface area contributed by atoms with E-state index in [4.69, 9.17) is 71.9 Å². The summed E-state index contributed by atoms with van der Waals surface area (Å²) in [5, 5.41) is 1.95. The second-order valence-electron chi connectivity index (χ2n) is 22.6. The molecule has 11 heterocycles. The average molecular weight is 1110 g/mol. The lowest BCUT2D eigenvalue weighted by Crippen LogP contribution is -2.42. The maximum Gasteiger partial charge on any atom is 0.147 e. The third kappa shape index (κ3) is 11.5. The molecule has 5 aromatic heterocycles. The molecule has 0 radical (unpaired) electrons. The van der Waals surface area contributed by atoms with E-state index in [1.54, 1.807) is 12.4 Å². The molecule has 6 aliphatic rings. The van der Waals surface area contributed by atoms with E-state index in [1.807, 2.05) is 69.7 Å². The molecule has 20 heteroatoms. The van der Waals surface area contributed by atoms with Gasteiger partial charge >= 0.3 is 0 Å². The predicted molar refractivity (Wildman–Crippen MR) is 314 cm³/mol. The Morgan fingerprint density at radius 2 is 0.885 bits per heavy atom. The summed E-state index contributed by atoms with van der Waals surface area (Å²) in [7, 11) is 0. The first kappa shape index (κ1) is 55.2. The minimum Gasteiger partial charge on any atom is -0.355 e. The fourth-order valence-electron chi connectivity index (χ4n) is 10.7. The first-order valence-electron chi connectivity index (χ1n) is 27.1. The highest BCUT2D eigenvalue weighted by Gasteiger charge is 2.34. The van der Waals surface area contributed by atoms with E-state index in [-0.39, 0.29) is 16.2 Å². The topological polar surface area (TPSA) is 228 Å². The van der Waals surface area contributed by atoms with E-state index < -0.39 is 0 Å². The maximum atomic E-state index is 6.49. The fraction of sp³-hybridized carbons (Fsp3) is 0.466. The lowest BCUT2D eigenvalue weighted by atomic mass is 9.80. The van der Waals surface area contributed by atoms with Crippen LogP contribution in [0, 0.1) is 37.0 Å². The van der Waals surface area contributed by atoms with Crippen LogP contribution in [0.3, 0.4) is 0 Å². The summed E-state index contributed by atoms with van der Waals surface area (Å²) in [5.74, 6) is 2.79. The zero-order chi connectivity index (χ0) is 54.9. The van der Waals surface area contributed by atoms with Gasteiger partial charge in [0.15, 0.2) is 0 Å². The first-order chi connectivity index (χ1) is 37.5. The van der Waals surface area contributed by atoms with E-state index in [1.165, 1.54) is 0 Å². The summed E-state index contributed by atoms with van der Waals surface area (Å²) < 4.78 is 0. The number of aryl methyl sites for hydroxylation is 3. The van der Waals surface area contributed by atoms with Crippen molar-refractivity contribution in [3.8, 4) is 0 Å². The van der Waals surface area contributed by atoms with Crippen LogP contribution >= 0.6 is 34.8 Å². The van der Waals surface area contributed by atoms with Crippen LogP contribution in [0.5, 0.6) is 0 Å². The van der Waals surface area contributed by atoms with Gasteiger partial charge in [-0.15, -0.1) is 0 Å². The summed E-state index contributed by atoms with van der Waals surface area (Å²) in [4.78, 5) is 57.9. The summed E-state index contributed by atoms with van der Waals surface area (Å²) in [6.07, 6.45) is 15.5. The summed E-state index contributed by atoms with van der Waals surface area (Å²) >= 11 is 19.2. The van der Waals surface area contributed by atoms with E-state index >= 15 is 0 Å². The van der Waals surface area contributed by atoms with Gasteiger partial charge in [0.2, 0.25) is 0 Å². The molecule has 0 atom stereocenters. The Labute approximate surface area is 472 Å². The van der Waals surface area contributed by atoms with Crippen LogP contribution in [0.25, 0.3) is 0 Å². The molecule has 0 unspecified atom stereocenters. The molecule has 0 spiro atoms. The Morgan fingerprint density at radius 3 is 1.29 bits per heavy atom. The first-order valence-corrected chi connectivity index (χ1v) is 28.2. The summed E-state index contributed by atoms with van der Waals surface area (Å²) in [6, 6.07) is 9.84. The van der Waals surface area contributed by atoms with Crippen molar-refractivity contribution in [2.24, 2.45) is 48.4 Å². The van der Waals surface area contributed by atoms with E-state index in [0.29, 0.717) is 29.7 Å². The number of fused-ring (bicyclic) bond motifs is 3. The number of halogens is 3. The van der Waals surface area contributed by atoms with Crippen molar-refractivity contribution in [2.75, 3.05) is 73.6 Å². The van der Waals surface area contributed by atoms with Gasteiger partial charge in [-0.3, -0.25) is 24.9 Å². The Hall–Kier alpha value is -6.08. The van der Waals surface area contributed by atoms with Crippen molar-refractivity contribution in [2.45, 2.75) is 99.7 Å². The van der Waals surface area contributed by atoms with Crippen molar-refractivity contribution < 1.29 is 0 Å². The highest BCUT2D eigenvalue weighted by Crippen LogP contribution is 2.36. The van der Waals surface area contributed by atoms with Crippen molar-refractivity contribution in [1.82, 2.24) is 39.9 Å².